The van der Waals surface area contributed by atoms with Gasteiger partial charge < -0.3 is 15.5 Å². The molecule has 1 aliphatic heterocycles. The molecule has 1 aromatic rings. The smallest absolute Gasteiger partial charge is 0.253 e. The molecule has 1 saturated heterocycles. The van der Waals surface area contributed by atoms with E-state index >= 15 is 0 Å². The van der Waals surface area contributed by atoms with Crippen molar-refractivity contribution in [3.8, 4) is 0 Å². The van der Waals surface area contributed by atoms with Crippen molar-refractivity contribution in [1.82, 2.24) is 5.32 Å². The van der Waals surface area contributed by atoms with Gasteiger partial charge in [-0.15, -0.1) is 11.6 Å². The van der Waals surface area contributed by atoms with Crippen LogP contribution in [0.1, 0.15) is 50.4 Å². The third-order valence-corrected chi connectivity index (χ3v) is 5.10. The first-order valence-corrected chi connectivity index (χ1v) is 9.47. The summed E-state index contributed by atoms with van der Waals surface area (Å²) in [6.45, 7) is 8.16. The Labute approximate surface area is 155 Å². The van der Waals surface area contributed by atoms with E-state index in [0.717, 1.165) is 38.0 Å². The van der Waals surface area contributed by atoms with Crippen LogP contribution in [-0.2, 0) is 4.79 Å². The van der Waals surface area contributed by atoms with Gasteiger partial charge in [0.05, 0.1) is 11.0 Å². The predicted molar refractivity (Wildman–Crippen MR) is 104 cm³/mol. The van der Waals surface area contributed by atoms with Crippen molar-refractivity contribution in [2.24, 2.45) is 5.41 Å². The topological polar surface area (TPSA) is 61.4 Å². The maximum absolute atomic E-state index is 12.6. The molecule has 0 radical (unpaired) electrons. The zero-order chi connectivity index (χ0) is 18.4. The normalized spacial score (nSPS) is 14.5. The number of rotatable bonds is 7. The van der Waals surface area contributed by atoms with Crippen molar-refractivity contribution in [2.45, 2.75) is 40.0 Å². The van der Waals surface area contributed by atoms with Crippen molar-refractivity contribution in [1.29, 1.82) is 0 Å². The van der Waals surface area contributed by atoms with E-state index < -0.39 is 5.41 Å². The zero-order valence-electron chi connectivity index (χ0n) is 15.3. The second-order valence-electron chi connectivity index (χ2n) is 7.15. The van der Waals surface area contributed by atoms with Crippen molar-refractivity contribution in [3.05, 3.63) is 23.8 Å². The zero-order valence-corrected chi connectivity index (χ0v) is 16.1. The predicted octanol–water partition coefficient (Wildman–Crippen LogP) is 3.63. The number of carbonyl (C=O) groups excluding carboxylic acids is 2. The largest absolute Gasteiger partial charge is 0.371 e. The van der Waals surface area contributed by atoms with E-state index in [1.807, 2.05) is 19.1 Å². The lowest BCUT2D eigenvalue weighted by atomic mass is 9.95. The van der Waals surface area contributed by atoms with Crippen LogP contribution in [-0.4, -0.2) is 37.3 Å². The molecule has 1 heterocycles. The maximum Gasteiger partial charge on any atom is 0.253 e. The Hall–Kier alpha value is -1.75. The minimum atomic E-state index is -0.667. The van der Waals surface area contributed by atoms with Crippen LogP contribution >= 0.6 is 11.6 Å². The van der Waals surface area contributed by atoms with Gasteiger partial charge in [0.1, 0.15) is 0 Å². The van der Waals surface area contributed by atoms with Crippen LogP contribution in [0.25, 0.3) is 0 Å². The molecule has 0 aliphatic carbocycles. The minimum absolute atomic E-state index is 0.101. The summed E-state index contributed by atoms with van der Waals surface area (Å²) in [5.41, 5.74) is 1.49. The van der Waals surface area contributed by atoms with Gasteiger partial charge in [0.2, 0.25) is 5.91 Å². The fraction of sp³-hybridized carbons (Fsp3) is 0.579. The van der Waals surface area contributed by atoms with Gasteiger partial charge in [-0.3, -0.25) is 9.59 Å². The summed E-state index contributed by atoms with van der Waals surface area (Å²) in [5, 5.41) is 5.82. The fourth-order valence-corrected chi connectivity index (χ4v) is 2.85. The van der Waals surface area contributed by atoms with Gasteiger partial charge in [-0.25, -0.2) is 0 Å². The summed E-state index contributed by atoms with van der Waals surface area (Å²) in [6.07, 6.45) is 3.15. The lowest BCUT2D eigenvalue weighted by molar-refractivity contribution is -0.122. The number of hydrogen-bond donors (Lipinski definition) is 2. The fourth-order valence-electron chi connectivity index (χ4n) is 2.72. The standard InChI is InChI=1S/C19H28ClN3O2/c1-4-9-21-17(24)15-12-14(22-18(25)19(2,3)13-20)7-8-16(15)23-10-5-6-11-23/h7-8,12H,4-6,9-11,13H2,1-3H3,(H,21,24)(H,22,25). The van der Waals surface area contributed by atoms with Crippen LogP contribution < -0.4 is 15.5 Å². The van der Waals surface area contributed by atoms with E-state index in [2.05, 4.69) is 15.5 Å². The number of nitrogens with zero attached hydrogens (tertiary/aromatic N) is 1. The molecule has 0 saturated carbocycles. The summed E-state index contributed by atoms with van der Waals surface area (Å²) in [5.74, 6) is -0.0260. The van der Waals surface area contributed by atoms with E-state index in [1.165, 1.54) is 0 Å². The molecule has 1 aromatic carbocycles. The van der Waals surface area contributed by atoms with Gasteiger partial charge in [0.15, 0.2) is 0 Å². The monoisotopic (exact) mass is 365 g/mol. The Morgan fingerprint density at radius 2 is 1.92 bits per heavy atom. The van der Waals surface area contributed by atoms with Gasteiger partial charge in [-0.05, 0) is 51.3 Å². The quantitative estimate of drug-likeness (QED) is 0.725. The first-order valence-electron chi connectivity index (χ1n) is 8.93. The Bertz CT molecular complexity index is 625. The highest BCUT2D eigenvalue weighted by molar-refractivity contribution is 6.20. The summed E-state index contributed by atoms with van der Waals surface area (Å²) >= 11 is 5.87. The second kappa shape index (κ2) is 8.56. The van der Waals surface area contributed by atoms with Crippen LogP contribution in [0.15, 0.2) is 18.2 Å². The van der Waals surface area contributed by atoms with Crippen molar-refractivity contribution >= 4 is 34.8 Å². The van der Waals surface area contributed by atoms with Crippen LogP contribution in [0.5, 0.6) is 0 Å². The van der Waals surface area contributed by atoms with Gasteiger partial charge in [0, 0.05) is 36.9 Å². The molecule has 25 heavy (non-hydrogen) atoms. The Morgan fingerprint density at radius 3 is 2.52 bits per heavy atom. The minimum Gasteiger partial charge on any atom is -0.371 e. The van der Waals surface area contributed by atoms with Crippen molar-refractivity contribution < 1.29 is 9.59 Å². The molecule has 2 amide bonds. The SMILES string of the molecule is CCCNC(=O)c1cc(NC(=O)C(C)(C)CCl)ccc1N1CCCC1. The van der Waals surface area contributed by atoms with Crippen molar-refractivity contribution in [2.75, 3.05) is 35.7 Å². The molecule has 2 N–H and O–H groups in total. The van der Waals surface area contributed by atoms with Crippen molar-refractivity contribution in [3.63, 3.8) is 0 Å². The summed E-state index contributed by atoms with van der Waals surface area (Å²) in [6, 6.07) is 5.54. The Morgan fingerprint density at radius 1 is 1.24 bits per heavy atom. The molecule has 0 spiro atoms. The van der Waals surface area contributed by atoms with E-state index in [-0.39, 0.29) is 17.7 Å². The highest BCUT2D eigenvalue weighted by Gasteiger charge is 2.27. The second-order valence-corrected chi connectivity index (χ2v) is 7.42. The number of alkyl halides is 1. The van der Waals surface area contributed by atoms with E-state index in [4.69, 9.17) is 11.6 Å². The molecular formula is C19H28ClN3O2. The summed E-state index contributed by atoms with van der Waals surface area (Å²) < 4.78 is 0. The molecule has 0 atom stereocenters. The molecule has 0 unspecified atom stereocenters. The van der Waals surface area contributed by atoms with Crippen LogP contribution in [0.3, 0.4) is 0 Å². The highest BCUT2D eigenvalue weighted by Crippen LogP contribution is 2.28. The number of halogens is 1. The van der Waals surface area contributed by atoms with Gasteiger partial charge in [-0.2, -0.15) is 0 Å². The van der Waals surface area contributed by atoms with Gasteiger partial charge in [0.25, 0.3) is 5.91 Å². The van der Waals surface area contributed by atoms with E-state index in [9.17, 15) is 9.59 Å². The average molecular weight is 366 g/mol. The number of hydrogen-bond acceptors (Lipinski definition) is 3. The lowest BCUT2D eigenvalue weighted by Gasteiger charge is -2.23. The molecular weight excluding hydrogens is 338 g/mol. The molecule has 0 aromatic heterocycles. The lowest BCUT2D eigenvalue weighted by Crippen LogP contribution is -2.32. The van der Waals surface area contributed by atoms with E-state index in [1.54, 1.807) is 19.9 Å². The summed E-state index contributed by atoms with van der Waals surface area (Å²) in [4.78, 5) is 27.2. The number of anilines is 2. The third-order valence-electron chi connectivity index (χ3n) is 4.43. The summed E-state index contributed by atoms with van der Waals surface area (Å²) in [7, 11) is 0. The first kappa shape index (κ1) is 19.6. The Balaban J connectivity index is 2.28. The van der Waals surface area contributed by atoms with Crippen LogP contribution in [0.4, 0.5) is 11.4 Å². The molecule has 1 fully saturated rings. The van der Waals surface area contributed by atoms with Crippen LogP contribution in [0.2, 0.25) is 0 Å². The molecule has 2 rings (SSSR count). The highest BCUT2D eigenvalue weighted by atomic mass is 35.5. The average Bonchev–Trinajstić information content (AvgIpc) is 3.13. The molecule has 0 bridgehead atoms. The molecule has 6 heteroatoms. The third kappa shape index (κ3) is 4.88. The van der Waals surface area contributed by atoms with E-state index in [0.29, 0.717) is 17.8 Å². The van der Waals surface area contributed by atoms with Gasteiger partial charge >= 0.3 is 0 Å². The molecule has 5 nitrogen and oxygen atoms in total. The maximum atomic E-state index is 12.6. The van der Waals surface area contributed by atoms with Gasteiger partial charge in [-0.1, -0.05) is 6.92 Å². The molecule has 1 aliphatic rings. The number of carbonyl (C=O) groups is 2. The number of benzene rings is 1. The molecule has 138 valence electrons. The first-order chi connectivity index (χ1) is 11.9. The number of amides is 2. The van der Waals surface area contributed by atoms with Crippen LogP contribution in [0, 0.1) is 5.41 Å². The Kier molecular flexibility index (Phi) is 6.71. The number of nitrogens with one attached hydrogen (secondary N) is 2.